The Labute approximate surface area is 120 Å². The minimum absolute atomic E-state index is 0.213. The second-order valence-corrected chi connectivity index (χ2v) is 5.36. The van der Waals surface area contributed by atoms with E-state index in [-0.39, 0.29) is 6.10 Å². The van der Waals surface area contributed by atoms with Gasteiger partial charge in [-0.15, -0.1) is 0 Å². The van der Waals surface area contributed by atoms with Gasteiger partial charge in [-0.2, -0.15) is 9.97 Å². The van der Waals surface area contributed by atoms with Crippen LogP contribution < -0.4 is 15.2 Å². The largest absolute Gasteiger partial charge is 0.476 e. The molecule has 0 radical (unpaired) electrons. The van der Waals surface area contributed by atoms with Crippen LogP contribution in [0.3, 0.4) is 0 Å². The molecule has 2 unspecified atom stereocenters. The van der Waals surface area contributed by atoms with Crippen LogP contribution in [-0.2, 0) is 0 Å². The molecule has 1 heterocycles. The fraction of sp³-hybridized carbons (Fsp3) is 0.733. The van der Waals surface area contributed by atoms with Gasteiger partial charge < -0.3 is 15.2 Å². The predicted molar refractivity (Wildman–Crippen MR) is 78.9 cm³/mol. The van der Waals surface area contributed by atoms with Gasteiger partial charge in [-0.25, -0.2) is 0 Å². The second-order valence-electron chi connectivity index (χ2n) is 5.36. The van der Waals surface area contributed by atoms with Crippen molar-refractivity contribution in [1.29, 1.82) is 0 Å². The number of rotatable bonds is 6. The first-order valence-electron chi connectivity index (χ1n) is 7.66. The lowest BCUT2D eigenvalue weighted by atomic mass is 9.85. The average molecular weight is 279 g/mol. The van der Waals surface area contributed by atoms with Gasteiger partial charge in [0.25, 0.3) is 0 Å². The molecule has 5 heteroatoms. The molecule has 1 fully saturated rings. The summed E-state index contributed by atoms with van der Waals surface area (Å²) in [6.45, 7) is 4.86. The predicted octanol–water partition coefficient (Wildman–Crippen LogP) is 3.20. The van der Waals surface area contributed by atoms with E-state index in [0.717, 1.165) is 19.3 Å². The van der Waals surface area contributed by atoms with Gasteiger partial charge in [0, 0.05) is 0 Å². The number of aromatic nitrogens is 2. The zero-order chi connectivity index (χ0) is 14.4. The molecule has 5 nitrogen and oxygen atoms in total. The number of hydrogen-bond donors (Lipinski definition) is 1. The molecule has 0 aromatic carbocycles. The number of ether oxygens (including phenoxy) is 2. The summed E-state index contributed by atoms with van der Waals surface area (Å²) in [5, 5.41) is 0. The fourth-order valence-electron chi connectivity index (χ4n) is 2.71. The molecule has 1 aromatic heterocycles. The lowest BCUT2D eigenvalue weighted by molar-refractivity contribution is 0.0861. The van der Waals surface area contributed by atoms with E-state index in [2.05, 4.69) is 16.9 Å². The van der Waals surface area contributed by atoms with Crippen molar-refractivity contribution in [1.82, 2.24) is 9.97 Å². The molecule has 1 saturated carbocycles. The van der Waals surface area contributed by atoms with Crippen LogP contribution in [0.1, 0.15) is 52.4 Å². The van der Waals surface area contributed by atoms with E-state index < -0.39 is 0 Å². The van der Waals surface area contributed by atoms with Gasteiger partial charge in [0.2, 0.25) is 11.8 Å². The van der Waals surface area contributed by atoms with Crippen molar-refractivity contribution in [3.8, 4) is 11.8 Å². The zero-order valence-electron chi connectivity index (χ0n) is 12.5. The van der Waals surface area contributed by atoms with Crippen LogP contribution in [0, 0.1) is 5.92 Å². The highest BCUT2D eigenvalue weighted by Crippen LogP contribution is 2.33. The van der Waals surface area contributed by atoms with Crippen LogP contribution >= 0.6 is 0 Å². The monoisotopic (exact) mass is 279 g/mol. The highest BCUT2D eigenvalue weighted by Gasteiger charge is 2.26. The minimum atomic E-state index is 0.213. The summed E-state index contributed by atoms with van der Waals surface area (Å²) in [6, 6.07) is 0. The first-order chi connectivity index (χ1) is 9.76. The van der Waals surface area contributed by atoms with Crippen molar-refractivity contribution in [2.75, 3.05) is 12.3 Å². The molecule has 2 N–H and O–H groups in total. The van der Waals surface area contributed by atoms with E-state index in [4.69, 9.17) is 15.2 Å². The van der Waals surface area contributed by atoms with E-state index in [9.17, 15) is 0 Å². The molecule has 20 heavy (non-hydrogen) atoms. The summed E-state index contributed by atoms with van der Waals surface area (Å²) in [5.74, 6) is 1.50. The van der Waals surface area contributed by atoms with Crippen LogP contribution in [0.4, 0.5) is 5.69 Å². The molecule has 0 aliphatic heterocycles. The molecule has 2 atom stereocenters. The molecule has 0 amide bonds. The molecule has 1 aliphatic carbocycles. The van der Waals surface area contributed by atoms with E-state index >= 15 is 0 Å². The van der Waals surface area contributed by atoms with Crippen molar-refractivity contribution < 1.29 is 9.47 Å². The third-order valence-corrected chi connectivity index (χ3v) is 3.88. The summed E-state index contributed by atoms with van der Waals surface area (Å²) < 4.78 is 11.6. The highest BCUT2D eigenvalue weighted by atomic mass is 16.5. The molecule has 0 saturated heterocycles. The van der Waals surface area contributed by atoms with Gasteiger partial charge in [0.1, 0.15) is 12.4 Å². The Morgan fingerprint density at radius 2 is 1.95 bits per heavy atom. The Kier molecular flexibility index (Phi) is 5.44. The second kappa shape index (κ2) is 7.31. The van der Waals surface area contributed by atoms with E-state index in [1.54, 1.807) is 0 Å². The van der Waals surface area contributed by atoms with Crippen LogP contribution in [0.5, 0.6) is 11.8 Å². The lowest BCUT2D eigenvalue weighted by Crippen LogP contribution is -2.30. The maximum Gasteiger partial charge on any atom is 0.244 e. The summed E-state index contributed by atoms with van der Waals surface area (Å²) in [5.41, 5.74) is 6.47. The molecular formula is C15H25N3O2. The van der Waals surface area contributed by atoms with Crippen LogP contribution in [-0.4, -0.2) is 22.7 Å². The summed E-state index contributed by atoms with van der Waals surface area (Å²) >= 11 is 0. The van der Waals surface area contributed by atoms with E-state index in [0.29, 0.717) is 30.0 Å². The molecule has 0 bridgehead atoms. The van der Waals surface area contributed by atoms with Gasteiger partial charge in [-0.3, -0.25) is 0 Å². The van der Waals surface area contributed by atoms with Crippen molar-refractivity contribution in [2.24, 2.45) is 5.92 Å². The third kappa shape index (κ3) is 3.52. The Morgan fingerprint density at radius 3 is 2.70 bits per heavy atom. The fourth-order valence-corrected chi connectivity index (χ4v) is 2.71. The third-order valence-electron chi connectivity index (χ3n) is 3.88. The first-order valence-corrected chi connectivity index (χ1v) is 7.66. The van der Waals surface area contributed by atoms with E-state index in [1.807, 2.05) is 6.92 Å². The van der Waals surface area contributed by atoms with Crippen molar-refractivity contribution in [2.45, 2.75) is 58.5 Å². The topological polar surface area (TPSA) is 70.3 Å². The summed E-state index contributed by atoms with van der Waals surface area (Å²) in [6.07, 6.45) is 8.53. The Morgan fingerprint density at radius 1 is 1.20 bits per heavy atom. The number of nitrogens with zero attached hydrogens (tertiary/aromatic N) is 2. The van der Waals surface area contributed by atoms with E-state index in [1.165, 1.54) is 25.6 Å². The summed E-state index contributed by atoms with van der Waals surface area (Å²) in [4.78, 5) is 8.24. The number of anilines is 1. The van der Waals surface area contributed by atoms with Crippen LogP contribution in [0.25, 0.3) is 0 Å². The first kappa shape index (κ1) is 14.9. The Balaban J connectivity index is 2.08. The maximum absolute atomic E-state index is 6.05. The highest BCUT2D eigenvalue weighted by molar-refractivity contribution is 5.55. The van der Waals surface area contributed by atoms with Crippen LogP contribution in [0.2, 0.25) is 0 Å². The molecular weight excluding hydrogens is 254 g/mol. The van der Waals surface area contributed by atoms with Crippen molar-refractivity contribution >= 4 is 5.69 Å². The number of nitrogen functional groups attached to an aromatic ring is 1. The quantitative estimate of drug-likeness (QED) is 0.866. The number of hydrogen-bond acceptors (Lipinski definition) is 5. The van der Waals surface area contributed by atoms with Gasteiger partial charge in [-0.1, -0.05) is 20.3 Å². The zero-order valence-corrected chi connectivity index (χ0v) is 12.5. The standard InChI is InChI=1S/C15H25N3O2/c1-3-9-19-14-13(16)15(18-10-17-14)20-12-8-6-5-7-11(12)4-2/h10-12H,3-9,16H2,1-2H3. The van der Waals surface area contributed by atoms with Crippen LogP contribution in [0.15, 0.2) is 6.33 Å². The molecule has 0 spiro atoms. The molecule has 2 rings (SSSR count). The Hall–Kier alpha value is -1.52. The van der Waals surface area contributed by atoms with Crippen molar-refractivity contribution in [3.63, 3.8) is 0 Å². The Bertz CT molecular complexity index is 426. The molecule has 1 aliphatic rings. The minimum Gasteiger partial charge on any atom is -0.476 e. The normalized spacial score (nSPS) is 22.5. The van der Waals surface area contributed by atoms with Gasteiger partial charge >= 0.3 is 0 Å². The maximum atomic E-state index is 6.05. The van der Waals surface area contributed by atoms with Crippen molar-refractivity contribution in [3.05, 3.63) is 6.33 Å². The van der Waals surface area contributed by atoms with Gasteiger partial charge in [-0.05, 0) is 38.0 Å². The molecule has 1 aromatic rings. The summed E-state index contributed by atoms with van der Waals surface area (Å²) in [7, 11) is 0. The smallest absolute Gasteiger partial charge is 0.244 e. The molecule has 112 valence electrons. The average Bonchev–Trinajstić information content (AvgIpc) is 2.48. The number of nitrogens with two attached hydrogens (primary N) is 1. The van der Waals surface area contributed by atoms with Gasteiger partial charge in [0.05, 0.1) is 6.61 Å². The van der Waals surface area contributed by atoms with Gasteiger partial charge in [0.15, 0.2) is 5.69 Å². The SMILES string of the molecule is CCCOc1ncnc(OC2CCCCC2CC)c1N. The lowest BCUT2D eigenvalue weighted by Gasteiger charge is -2.31.